The van der Waals surface area contributed by atoms with Crippen molar-refractivity contribution in [3.05, 3.63) is 11.7 Å². The van der Waals surface area contributed by atoms with Crippen LogP contribution in [0.1, 0.15) is 56.3 Å². The summed E-state index contributed by atoms with van der Waals surface area (Å²) in [6.07, 6.45) is 6.87. The van der Waals surface area contributed by atoms with Crippen molar-refractivity contribution in [3.8, 4) is 0 Å². The molecule has 3 heterocycles. The molecule has 132 valence electrons. The summed E-state index contributed by atoms with van der Waals surface area (Å²) in [6.45, 7) is 4.56. The summed E-state index contributed by atoms with van der Waals surface area (Å²) in [4.78, 5) is 21.6. The highest BCUT2D eigenvalue weighted by Gasteiger charge is 2.38. The van der Waals surface area contributed by atoms with Crippen LogP contribution in [-0.4, -0.2) is 64.2 Å². The summed E-state index contributed by atoms with van der Waals surface area (Å²) in [5, 5.41) is 4.06. The Labute approximate surface area is 142 Å². The van der Waals surface area contributed by atoms with E-state index in [4.69, 9.17) is 9.26 Å². The molecule has 1 saturated carbocycles. The standard InChI is InChI=1S/C17H26N4O3/c1-12-18-17(19-24-12)14-6-4-8-20(14)11-16(22)21-9-10-23-15-7-3-2-5-13(15)21/h13-15H,2-11H2,1H3/t13-,14+,15+/m1/s1. The molecule has 0 aromatic carbocycles. The second-order valence-corrected chi connectivity index (χ2v) is 7.15. The maximum atomic E-state index is 13.0. The zero-order chi connectivity index (χ0) is 16.5. The van der Waals surface area contributed by atoms with Crippen LogP contribution in [0.15, 0.2) is 4.52 Å². The number of amides is 1. The topological polar surface area (TPSA) is 71.7 Å². The number of hydrogen-bond acceptors (Lipinski definition) is 6. The number of hydrogen-bond donors (Lipinski definition) is 0. The maximum Gasteiger partial charge on any atom is 0.237 e. The Hall–Kier alpha value is -1.47. The lowest BCUT2D eigenvalue weighted by molar-refractivity contribution is -0.150. The van der Waals surface area contributed by atoms with Crippen LogP contribution in [0.4, 0.5) is 0 Å². The molecule has 0 N–H and O–H groups in total. The fourth-order valence-corrected chi connectivity index (χ4v) is 4.43. The first-order valence-corrected chi connectivity index (χ1v) is 9.18. The molecule has 24 heavy (non-hydrogen) atoms. The summed E-state index contributed by atoms with van der Waals surface area (Å²) in [7, 11) is 0. The average Bonchev–Trinajstić information content (AvgIpc) is 3.23. The Bertz CT molecular complexity index is 588. The van der Waals surface area contributed by atoms with Gasteiger partial charge in [0.25, 0.3) is 0 Å². The van der Waals surface area contributed by atoms with Gasteiger partial charge in [0.15, 0.2) is 5.82 Å². The van der Waals surface area contributed by atoms with E-state index >= 15 is 0 Å². The first-order valence-electron chi connectivity index (χ1n) is 9.18. The van der Waals surface area contributed by atoms with Crippen LogP contribution in [0.25, 0.3) is 0 Å². The zero-order valence-electron chi connectivity index (χ0n) is 14.3. The number of aryl methyl sites for hydroxylation is 1. The van der Waals surface area contributed by atoms with Gasteiger partial charge in [0.05, 0.1) is 31.3 Å². The predicted octanol–water partition coefficient (Wildman–Crippen LogP) is 1.68. The molecule has 0 spiro atoms. The Morgan fingerprint density at radius 1 is 1.21 bits per heavy atom. The lowest BCUT2D eigenvalue weighted by atomic mass is 9.90. The number of carbonyl (C=O) groups is 1. The lowest BCUT2D eigenvalue weighted by Crippen LogP contribution is -2.56. The molecule has 1 aromatic heterocycles. The fraction of sp³-hybridized carbons (Fsp3) is 0.824. The zero-order valence-corrected chi connectivity index (χ0v) is 14.3. The summed E-state index contributed by atoms with van der Waals surface area (Å²) in [6, 6.07) is 0.378. The third-order valence-corrected chi connectivity index (χ3v) is 5.60. The Morgan fingerprint density at radius 2 is 2.08 bits per heavy atom. The summed E-state index contributed by atoms with van der Waals surface area (Å²) in [5.41, 5.74) is 0. The van der Waals surface area contributed by atoms with Gasteiger partial charge in [0.2, 0.25) is 11.8 Å². The van der Waals surface area contributed by atoms with Gasteiger partial charge < -0.3 is 14.2 Å². The third kappa shape index (κ3) is 3.07. The van der Waals surface area contributed by atoms with Gasteiger partial charge in [-0.15, -0.1) is 0 Å². The van der Waals surface area contributed by atoms with Crippen LogP contribution >= 0.6 is 0 Å². The van der Waals surface area contributed by atoms with Crippen LogP contribution in [0, 0.1) is 6.92 Å². The quantitative estimate of drug-likeness (QED) is 0.837. The molecule has 2 aliphatic heterocycles. The lowest BCUT2D eigenvalue weighted by Gasteiger charge is -2.44. The molecule has 1 aliphatic carbocycles. The molecule has 2 saturated heterocycles. The molecule has 0 radical (unpaired) electrons. The van der Waals surface area contributed by atoms with E-state index in [0.717, 1.165) is 44.6 Å². The van der Waals surface area contributed by atoms with E-state index in [-0.39, 0.29) is 24.1 Å². The molecule has 7 heteroatoms. The van der Waals surface area contributed by atoms with E-state index in [9.17, 15) is 4.79 Å². The van der Waals surface area contributed by atoms with Gasteiger partial charge in [-0.1, -0.05) is 18.0 Å². The second kappa shape index (κ2) is 6.80. The predicted molar refractivity (Wildman–Crippen MR) is 86.3 cm³/mol. The van der Waals surface area contributed by atoms with Crippen molar-refractivity contribution in [1.29, 1.82) is 0 Å². The Morgan fingerprint density at radius 3 is 2.92 bits per heavy atom. The first-order chi connectivity index (χ1) is 11.7. The number of rotatable bonds is 3. The third-order valence-electron chi connectivity index (χ3n) is 5.60. The molecule has 3 fully saturated rings. The molecular formula is C17H26N4O3. The molecule has 4 rings (SSSR count). The molecule has 1 aromatic rings. The van der Waals surface area contributed by atoms with Gasteiger partial charge >= 0.3 is 0 Å². The van der Waals surface area contributed by atoms with Crippen LogP contribution in [0.3, 0.4) is 0 Å². The van der Waals surface area contributed by atoms with Gasteiger partial charge in [0.1, 0.15) is 0 Å². The first kappa shape index (κ1) is 16.0. The molecule has 0 bridgehead atoms. The van der Waals surface area contributed by atoms with E-state index in [1.165, 1.54) is 12.8 Å². The van der Waals surface area contributed by atoms with Gasteiger partial charge in [-0.3, -0.25) is 9.69 Å². The normalized spacial score (nSPS) is 31.2. The number of aromatic nitrogens is 2. The van der Waals surface area contributed by atoms with E-state index in [1.807, 2.05) is 0 Å². The molecule has 7 nitrogen and oxygen atoms in total. The van der Waals surface area contributed by atoms with Gasteiger partial charge in [-0.2, -0.15) is 4.98 Å². The van der Waals surface area contributed by atoms with Crippen molar-refractivity contribution in [2.24, 2.45) is 0 Å². The summed E-state index contributed by atoms with van der Waals surface area (Å²) < 4.78 is 11.0. The number of likely N-dealkylation sites (tertiary alicyclic amines) is 1. The molecule has 0 unspecified atom stereocenters. The molecule has 3 atom stereocenters. The highest BCUT2D eigenvalue weighted by atomic mass is 16.5. The molecular weight excluding hydrogens is 308 g/mol. The highest BCUT2D eigenvalue weighted by Crippen LogP contribution is 2.32. The number of carbonyl (C=O) groups excluding carboxylic acids is 1. The highest BCUT2D eigenvalue weighted by molar-refractivity contribution is 5.79. The minimum Gasteiger partial charge on any atom is -0.374 e. The maximum absolute atomic E-state index is 13.0. The monoisotopic (exact) mass is 334 g/mol. The van der Waals surface area contributed by atoms with E-state index in [0.29, 0.717) is 19.0 Å². The second-order valence-electron chi connectivity index (χ2n) is 7.15. The van der Waals surface area contributed by atoms with Gasteiger partial charge in [0, 0.05) is 13.5 Å². The SMILES string of the molecule is Cc1nc([C@@H]2CCCN2CC(=O)N2CCO[C@H]3CCCC[C@H]32)no1. The smallest absolute Gasteiger partial charge is 0.237 e. The van der Waals surface area contributed by atoms with Gasteiger partial charge in [-0.25, -0.2) is 0 Å². The van der Waals surface area contributed by atoms with Crippen molar-refractivity contribution in [3.63, 3.8) is 0 Å². The van der Waals surface area contributed by atoms with Crippen molar-refractivity contribution < 1.29 is 14.1 Å². The van der Waals surface area contributed by atoms with Crippen LogP contribution < -0.4 is 0 Å². The van der Waals surface area contributed by atoms with Gasteiger partial charge in [-0.05, 0) is 32.2 Å². The van der Waals surface area contributed by atoms with E-state index in [1.54, 1.807) is 6.92 Å². The fourth-order valence-electron chi connectivity index (χ4n) is 4.43. The Balaban J connectivity index is 1.43. The van der Waals surface area contributed by atoms with Crippen LogP contribution in [0.5, 0.6) is 0 Å². The van der Waals surface area contributed by atoms with Crippen molar-refractivity contribution in [2.75, 3.05) is 26.2 Å². The Kier molecular flexibility index (Phi) is 4.54. The van der Waals surface area contributed by atoms with Crippen molar-refractivity contribution in [1.82, 2.24) is 19.9 Å². The molecule has 3 aliphatic rings. The number of ether oxygens (including phenoxy) is 1. The van der Waals surface area contributed by atoms with E-state index in [2.05, 4.69) is 19.9 Å². The minimum atomic E-state index is 0.106. The number of fused-ring (bicyclic) bond motifs is 1. The van der Waals surface area contributed by atoms with E-state index < -0.39 is 0 Å². The van der Waals surface area contributed by atoms with Crippen LogP contribution in [-0.2, 0) is 9.53 Å². The average molecular weight is 334 g/mol. The van der Waals surface area contributed by atoms with Crippen LogP contribution in [0.2, 0.25) is 0 Å². The number of morpholine rings is 1. The minimum absolute atomic E-state index is 0.106. The largest absolute Gasteiger partial charge is 0.374 e. The molecule has 1 amide bonds. The summed E-state index contributed by atoms with van der Waals surface area (Å²) in [5.74, 6) is 1.53. The summed E-state index contributed by atoms with van der Waals surface area (Å²) >= 11 is 0. The number of nitrogens with zero attached hydrogens (tertiary/aromatic N) is 4. The van der Waals surface area contributed by atoms with Crippen molar-refractivity contribution >= 4 is 5.91 Å². The van der Waals surface area contributed by atoms with Crippen molar-refractivity contribution in [2.45, 2.75) is 63.6 Å².